The van der Waals surface area contributed by atoms with Crippen LogP contribution in [0.25, 0.3) is 10.9 Å². The van der Waals surface area contributed by atoms with Crippen LogP contribution >= 0.6 is 0 Å². The summed E-state index contributed by atoms with van der Waals surface area (Å²) in [6.45, 7) is 4.79. The maximum atomic E-state index is 14.5. The van der Waals surface area contributed by atoms with Gasteiger partial charge in [0.2, 0.25) is 10.0 Å². The van der Waals surface area contributed by atoms with Gasteiger partial charge in [-0.2, -0.15) is 4.98 Å². The first-order chi connectivity index (χ1) is 15.1. The van der Waals surface area contributed by atoms with Gasteiger partial charge in [0.25, 0.3) is 5.56 Å². The van der Waals surface area contributed by atoms with E-state index >= 15 is 0 Å². The summed E-state index contributed by atoms with van der Waals surface area (Å²) in [6, 6.07) is 8.64. The van der Waals surface area contributed by atoms with Crippen molar-refractivity contribution in [3.05, 3.63) is 69.5 Å². The third-order valence-corrected chi connectivity index (χ3v) is 7.19. The Kier molecular flexibility index (Phi) is 6.05. The zero-order valence-corrected chi connectivity index (χ0v) is 19.2. The molecule has 0 radical (unpaired) electrons. The second-order valence-corrected chi connectivity index (χ2v) is 10.4. The van der Waals surface area contributed by atoms with Crippen molar-refractivity contribution in [3.63, 3.8) is 0 Å². The largest absolute Gasteiger partial charge is 0.490 e. The molecule has 1 aromatic heterocycles. The molecule has 0 N–H and O–H groups in total. The Balaban J connectivity index is 1.58. The Labute approximate surface area is 186 Å². The Morgan fingerprint density at radius 1 is 1.16 bits per heavy atom. The molecule has 7 nitrogen and oxygen atoms in total. The van der Waals surface area contributed by atoms with Crippen LogP contribution in [0, 0.1) is 19.7 Å². The molecule has 0 saturated carbocycles. The topological polar surface area (TPSA) is 81.5 Å². The van der Waals surface area contributed by atoms with Crippen molar-refractivity contribution in [2.24, 2.45) is 0 Å². The van der Waals surface area contributed by atoms with Crippen molar-refractivity contribution >= 4 is 20.9 Å². The number of ether oxygens (including phenoxy) is 1. The lowest BCUT2D eigenvalue weighted by Gasteiger charge is -2.30. The van der Waals surface area contributed by atoms with Gasteiger partial charge in [-0.25, -0.2) is 17.1 Å². The summed E-state index contributed by atoms with van der Waals surface area (Å²) in [5.74, 6) is 0.249. The number of halogens is 1. The van der Waals surface area contributed by atoms with Crippen LogP contribution < -0.4 is 10.3 Å². The first-order valence-electron chi connectivity index (χ1n) is 10.5. The first kappa shape index (κ1) is 22.4. The number of sulfonamides is 1. The van der Waals surface area contributed by atoms with Crippen molar-refractivity contribution in [3.8, 4) is 5.75 Å². The Morgan fingerprint density at radius 3 is 2.53 bits per heavy atom. The number of hydrogen-bond acceptors (Lipinski definition) is 5. The molecule has 3 aromatic rings. The third-order valence-electron chi connectivity index (χ3n) is 5.89. The molecule has 9 heteroatoms. The van der Waals surface area contributed by atoms with Gasteiger partial charge in [-0.05, 0) is 62.1 Å². The minimum absolute atomic E-state index is 0.131. The number of fused-ring (bicyclic) bond motifs is 1. The lowest BCUT2D eigenvalue weighted by molar-refractivity contribution is 0.135. The van der Waals surface area contributed by atoms with E-state index in [1.807, 2.05) is 19.9 Å². The predicted molar refractivity (Wildman–Crippen MR) is 121 cm³/mol. The summed E-state index contributed by atoms with van der Waals surface area (Å²) >= 11 is 0. The molecule has 1 saturated heterocycles. The monoisotopic (exact) mass is 459 g/mol. The van der Waals surface area contributed by atoms with Crippen LogP contribution in [-0.4, -0.2) is 47.7 Å². The minimum atomic E-state index is -3.20. The summed E-state index contributed by atoms with van der Waals surface area (Å²) in [4.78, 5) is 16.4. The average Bonchev–Trinajstić information content (AvgIpc) is 2.72. The van der Waals surface area contributed by atoms with Gasteiger partial charge in [-0.15, -0.1) is 0 Å². The van der Waals surface area contributed by atoms with Crippen LogP contribution in [0.5, 0.6) is 5.75 Å². The van der Waals surface area contributed by atoms with Crippen molar-refractivity contribution in [2.45, 2.75) is 39.3 Å². The fourth-order valence-corrected chi connectivity index (χ4v) is 5.05. The predicted octanol–water partition coefficient (Wildman–Crippen LogP) is 3.00. The number of rotatable bonds is 5. The van der Waals surface area contributed by atoms with Gasteiger partial charge in [0.15, 0.2) is 0 Å². The molecule has 0 amide bonds. The number of hydrogen-bond donors (Lipinski definition) is 0. The molecule has 0 atom stereocenters. The second kappa shape index (κ2) is 8.63. The van der Waals surface area contributed by atoms with Crippen LogP contribution in [0.3, 0.4) is 0 Å². The molecular weight excluding hydrogens is 433 g/mol. The Morgan fingerprint density at radius 2 is 1.88 bits per heavy atom. The molecule has 170 valence electrons. The lowest BCUT2D eigenvalue weighted by Crippen LogP contribution is -2.41. The van der Waals surface area contributed by atoms with Crippen LogP contribution in [-0.2, 0) is 16.6 Å². The van der Waals surface area contributed by atoms with Gasteiger partial charge >= 0.3 is 0 Å². The van der Waals surface area contributed by atoms with Gasteiger partial charge in [-0.3, -0.25) is 4.79 Å². The maximum absolute atomic E-state index is 14.5. The van der Waals surface area contributed by atoms with Gasteiger partial charge in [0.1, 0.15) is 17.7 Å². The highest BCUT2D eigenvalue weighted by Gasteiger charge is 2.26. The van der Waals surface area contributed by atoms with Crippen LogP contribution in [0.1, 0.15) is 29.5 Å². The van der Waals surface area contributed by atoms with E-state index in [-0.39, 0.29) is 24.0 Å². The standard InChI is InChI=1S/C23H26FN3O4S/c1-15-10-16(2)20(21(24)11-15)13-26-14-25-23(28)19-12-18(4-5-22(19)26)31-17-6-8-27(9-7-17)32(3,29)30/h4-5,10-12,14,17H,6-9,13H2,1-3H3. The van der Waals surface area contributed by atoms with E-state index in [2.05, 4.69) is 4.98 Å². The minimum Gasteiger partial charge on any atom is -0.490 e. The van der Waals surface area contributed by atoms with E-state index < -0.39 is 10.0 Å². The number of aryl methyl sites for hydroxylation is 2. The van der Waals surface area contributed by atoms with Gasteiger partial charge in [-0.1, -0.05) is 6.07 Å². The molecule has 4 rings (SSSR count). The Hall–Kier alpha value is -2.78. The highest BCUT2D eigenvalue weighted by molar-refractivity contribution is 7.88. The van der Waals surface area contributed by atoms with Crippen molar-refractivity contribution in [1.29, 1.82) is 0 Å². The molecular formula is C23H26FN3O4S. The zero-order chi connectivity index (χ0) is 23.0. The summed E-state index contributed by atoms with van der Waals surface area (Å²) in [5, 5.41) is 0.392. The van der Waals surface area contributed by atoms with Crippen molar-refractivity contribution in [2.75, 3.05) is 19.3 Å². The number of nitrogens with zero attached hydrogens (tertiary/aromatic N) is 3. The summed E-state index contributed by atoms with van der Waals surface area (Å²) < 4.78 is 47.1. The van der Waals surface area contributed by atoms with Gasteiger partial charge < -0.3 is 9.30 Å². The highest BCUT2D eigenvalue weighted by atomic mass is 32.2. The summed E-state index contributed by atoms with van der Waals surface area (Å²) in [6.07, 6.45) is 3.67. The van der Waals surface area contributed by atoms with E-state index in [0.29, 0.717) is 48.1 Å². The van der Waals surface area contributed by atoms with Gasteiger partial charge in [0.05, 0.1) is 30.0 Å². The fourth-order valence-electron chi connectivity index (χ4n) is 4.18. The number of piperidine rings is 1. The van der Waals surface area contributed by atoms with E-state index in [9.17, 15) is 17.6 Å². The van der Waals surface area contributed by atoms with E-state index in [1.165, 1.54) is 23.0 Å². The third kappa shape index (κ3) is 4.68. The normalized spacial score (nSPS) is 15.9. The van der Waals surface area contributed by atoms with Crippen LogP contribution in [0.15, 0.2) is 41.5 Å². The lowest BCUT2D eigenvalue weighted by atomic mass is 10.0. The summed E-state index contributed by atoms with van der Waals surface area (Å²) in [5.41, 5.74) is 2.52. The second-order valence-electron chi connectivity index (χ2n) is 8.38. The van der Waals surface area contributed by atoms with E-state index in [4.69, 9.17) is 4.74 Å². The number of aromatic nitrogens is 2. The SMILES string of the molecule is Cc1cc(C)c(Cn2cnc(=O)c3cc(OC4CCN(S(C)(=O)=O)CC4)ccc32)c(F)c1. The van der Waals surface area contributed by atoms with Crippen LogP contribution in [0.4, 0.5) is 4.39 Å². The molecule has 2 aromatic carbocycles. The number of benzene rings is 2. The Bertz CT molecular complexity index is 1310. The quantitative estimate of drug-likeness (QED) is 0.586. The molecule has 0 bridgehead atoms. The fraction of sp³-hybridized carbons (Fsp3) is 0.391. The van der Waals surface area contributed by atoms with Crippen molar-refractivity contribution in [1.82, 2.24) is 13.9 Å². The summed E-state index contributed by atoms with van der Waals surface area (Å²) in [7, 11) is -3.20. The molecule has 32 heavy (non-hydrogen) atoms. The molecule has 1 fully saturated rings. The molecule has 2 heterocycles. The molecule has 0 aliphatic carbocycles. The zero-order valence-electron chi connectivity index (χ0n) is 18.3. The molecule has 1 aliphatic rings. The van der Waals surface area contributed by atoms with Gasteiger partial charge in [0, 0.05) is 18.7 Å². The highest BCUT2D eigenvalue weighted by Crippen LogP contribution is 2.24. The molecule has 0 unspecified atom stereocenters. The average molecular weight is 460 g/mol. The maximum Gasteiger partial charge on any atom is 0.280 e. The molecule has 1 aliphatic heterocycles. The van der Waals surface area contributed by atoms with E-state index in [1.54, 1.807) is 22.8 Å². The van der Waals surface area contributed by atoms with Crippen LogP contribution in [0.2, 0.25) is 0 Å². The van der Waals surface area contributed by atoms with Crippen molar-refractivity contribution < 1.29 is 17.5 Å². The smallest absolute Gasteiger partial charge is 0.280 e. The van der Waals surface area contributed by atoms with E-state index in [0.717, 1.165) is 11.1 Å². The first-order valence-corrected chi connectivity index (χ1v) is 12.3. The molecule has 0 spiro atoms.